The molecule has 0 radical (unpaired) electrons. The first-order valence-corrected chi connectivity index (χ1v) is 12.2. The maximum atomic E-state index is 13.5. The monoisotopic (exact) mass is 461 g/mol. The molecular weight excluding hydrogens is 430 g/mol. The van der Waals surface area contributed by atoms with Crippen LogP contribution in [0.1, 0.15) is 45.1 Å². The molecule has 1 aliphatic rings. The van der Waals surface area contributed by atoms with E-state index in [1.807, 2.05) is 26.8 Å². The summed E-state index contributed by atoms with van der Waals surface area (Å²) in [5.74, 6) is 1.82. The van der Waals surface area contributed by atoms with E-state index < -0.39 is 10.0 Å². The molecule has 174 valence electrons. The lowest BCUT2D eigenvalue weighted by Gasteiger charge is -2.35. The summed E-state index contributed by atoms with van der Waals surface area (Å²) in [6, 6.07) is 6.60. The van der Waals surface area contributed by atoms with E-state index in [0.29, 0.717) is 38.5 Å². The van der Waals surface area contributed by atoms with Crippen LogP contribution in [0.15, 0.2) is 29.2 Å². The normalized spacial score (nSPS) is 15.1. The second-order valence-corrected chi connectivity index (χ2v) is 9.95. The van der Waals surface area contributed by atoms with E-state index in [4.69, 9.17) is 4.74 Å². The minimum Gasteiger partial charge on any atom is -0.492 e. The molecule has 1 amide bonds. The van der Waals surface area contributed by atoms with E-state index in [2.05, 4.69) is 20.2 Å². The summed E-state index contributed by atoms with van der Waals surface area (Å²) in [4.78, 5) is 22.7. The molecule has 3 rings (SSSR count). The van der Waals surface area contributed by atoms with Gasteiger partial charge in [-0.1, -0.05) is 13.8 Å². The minimum absolute atomic E-state index is 0.0547. The Morgan fingerprint density at radius 2 is 1.84 bits per heavy atom. The van der Waals surface area contributed by atoms with Crippen LogP contribution in [0.5, 0.6) is 5.75 Å². The zero-order valence-corrected chi connectivity index (χ0v) is 20.1. The molecule has 0 aliphatic carbocycles. The molecule has 0 saturated carbocycles. The summed E-state index contributed by atoms with van der Waals surface area (Å²) in [5, 5.41) is 2.64. The van der Waals surface area contributed by atoms with Crippen molar-refractivity contribution in [3.63, 3.8) is 0 Å². The number of ether oxygens (including phenoxy) is 1. The first-order chi connectivity index (χ1) is 15.1. The molecule has 9 nitrogen and oxygen atoms in total. The van der Waals surface area contributed by atoms with Gasteiger partial charge in [0, 0.05) is 56.5 Å². The number of carbonyl (C=O) groups excluding carboxylic acids is 1. The van der Waals surface area contributed by atoms with Crippen molar-refractivity contribution >= 4 is 27.4 Å². The third-order valence-corrected chi connectivity index (χ3v) is 7.04. The molecule has 0 unspecified atom stereocenters. The number of hydrogen-bond acceptors (Lipinski definition) is 7. The first kappa shape index (κ1) is 23.9. The molecule has 2 heterocycles. The Morgan fingerprint density at radius 1 is 1.16 bits per heavy atom. The highest BCUT2D eigenvalue weighted by Gasteiger charge is 2.32. The van der Waals surface area contributed by atoms with Crippen LogP contribution < -0.4 is 15.0 Å². The number of nitrogens with one attached hydrogen (secondary N) is 1. The van der Waals surface area contributed by atoms with Crippen LogP contribution >= 0.6 is 0 Å². The van der Waals surface area contributed by atoms with Crippen molar-refractivity contribution in [1.29, 1.82) is 0 Å². The Labute approximate surface area is 189 Å². The molecule has 1 fully saturated rings. The summed E-state index contributed by atoms with van der Waals surface area (Å²) < 4.78 is 33.9. The molecule has 0 atom stereocenters. The number of carbonyl (C=O) groups is 1. The number of hydrogen-bond donors (Lipinski definition) is 1. The molecule has 1 N–H and O–H groups in total. The quantitative estimate of drug-likeness (QED) is 0.676. The number of aromatic nitrogens is 2. The van der Waals surface area contributed by atoms with E-state index in [9.17, 15) is 13.2 Å². The van der Waals surface area contributed by atoms with Gasteiger partial charge in [-0.05, 0) is 32.0 Å². The Morgan fingerprint density at radius 3 is 2.44 bits per heavy atom. The van der Waals surface area contributed by atoms with Crippen molar-refractivity contribution in [1.82, 2.24) is 14.3 Å². The van der Waals surface area contributed by atoms with Gasteiger partial charge >= 0.3 is 0 Å². The van der Waals surface area contributed by atoms with Crippen LogP contribution in [-0.4, -0.2) is 61.4 Å². The van der Waals surface area contributed by atoms with Gasteiger partial charge in [0.25, 0.3) is 0 Å². The lowest BCUT2D eigenvalue weighted by molar-refractivity contribution is -0.114. The molecule has 0 spiro atoms. The van der Waals surface area contributed by atoms with E-state index in [0.717, 1.165) is 17.3 Å². The maximum Gasteiger partial charge on any atom is 0.246 e. The number of benzene rings is 1. The van der Waals surface area contributed by atoms with Crippen LogP contribution in [0.25, 0.3) is 0 Å². The Kier molecular flexibility index (Phi) is 7.35. The number of amides is 1. The third kappa shape index (κ3) is 5.36. The number of nitrogens with zero attached hydrogens (tertiary/aromatic N) is 4. The van der Waals surface area contributed by atoms with Crippen LogP contribution in [0, 0.1) is 6.92 Å². The predicted octanol–water partition coefficient (Wildman–Crippen LogP) is 2.78. The fraction of sp³-hybridized carbons (Fsp3) is 0.500. The lowest BCUT2D eigenvalue weighted by Crippen LogP contribution is -2.49. The van der Waals surface area contributed by atoms with Crippen LogP contribution in [-0.2, 0) is 14.8 Å². The van der Waals surface area contributed by atoms with E-state index >= 15 is 0 Å². The predicted molar refractivity (Wildman–Crippen MR) is 124 cm³/mol. The molecule has 2 aromatic rings. The topological polar surface area (TPSA) is 105 Å². The van der Waals surface area contributed by atoms with Crippen molar-refractivity contribution in [2.45, 2.75) is 45.4 Å². The summed E-state index contributed by atoms with van der Waals surface area (Å²) >= 11 is 0. The third-order valence-electron chi connectivity index (χ3n) is 5.12. The summed E-state index contributed by atoms with van der Waals surface area (Å²) in [5.41, 5.74) is 1.31. The van der Waals surface area contributed by atoms with Gasteiger partial charge in [-0.2, -0.15) is 4.31 Å². The van der Waals surface area contributed by atoms with Crippen molar-refractivity contribution in [3.8, 4) is 5.75 Å². The van der Waals surface area contributed by atoms with Crippen LogP contribution in [0.4, 0.5) is 11.5 Å². The van der Waals surface area contributed by atoms with Crippen molar-refractivity contribution < 1.29 is 17.9 Å². The largest absolute Gasteiger partial charge is 0.492 e. The summed E-state index contributed by atoms with van der Waals surface area (Å²) in [6.07, 6.45) is 0. The van der Waals surface area contributed by atoms with Gasteiger partial charge < -0.3 is 15.0 Å². The number of rotatable bonds is 7. The van der Waals surface area contributed by atoms with Gasteiger partial charge in [0.15, 0.2) is 0 Å². The Balaban J connectivity index is 1.82. The molecule has 1 aromatic carbocycles. The van der Waals surface area contributed by atoms with Crippen LogP contribution in [0.2, 0.25) is 0 Å². The fourth-order valence-corrected chi connectivity index (χ4v) is 5.14. The fourth-order valence-electron chi connectivity index (χ4n) is 3.56. The number of anilines is 2. The van der Waals surface area contributed by atoms with Crippen molar-refractivity contribution in [2.24, 2.45) is 0 Å². The average Bonchev–Trinajstić information content (AvgIpc) is 2.74. The average molecular weight is 462 g/mol. The van der Waals surface area contributed by atoms with Gasteiger partial charge in [0.2, 0.25) is 15.9 Å². The highest BCUT2D eigenvalue weighted by molar-refractivity contribution is 7.89. The standard InChI is InChI=1S/C22H31N5O4S/c1-6-31-19-8-7-18(24-17(5)28)14-20(19)32(29,30)27-11-9-26(10-12-27)21-13-16(4)23-22(25-21)15(2)3/h7-8,13-15H,6,9-12H2,1-5H3,(H,24,28). The Bertz CT molecular complexity index is 1080. The van der Waals surface area contributed by atoms with E-state index in [-0.39, 0.29) is 22.5 Å². The second kappa shape index (κ2) is 9.83. The zero-order chi connectivity index (χ0) is 23.5. The molecule has 32 heavy (non-hydrogen) atoms. The first-order valence-electron chi connectivity index (χ1n) is 10.8. The van der Waals surface area contributed by atoms with Gasteiger partial charge in [-0.25, -0.2) is 18.4 Å². The maximum absolute atomic E-state index is 13.5. The summed E-state index contributed by atoms with van der Waals surface area (Å²) in [7, 11) is -3.81. The number of aryl methyl sites for hydroxylation is 1. The SMILES string of the molecule is CCOc1ccc(NC(C)=O)cc1S(=O)(=O)N1CCN(c2cc(C)nc(C(C)C)n2)CC1. The van der Waals surface area contributed by atoms with Gasteiger partial charge in [-0.15, -0.1) is 0 Å². The number of piperazine rings is 1. The van der Waals surface area contributed by atoms with Gasteiger partial charge in [0.05, 0.1) is 6.61 Å². The highest BCUT2D eigenvalue weighted by Crippen LogP contribution is 2.31. The zero-order valence-electron chi connectivity index (χ0n) is 19.3. The number of sulfonamides is 1. The smallest absolute Gasteiger partial charge is 0.246 e. The molecule has 10 heteroatoms. The van der Waals surface area contributed by atoms with Gasteiger partial charge in [-0.3, -0.25) is 4.79 Å². The molecule has 1 aromatic heterocycles. The molecular formula is C22H31N5O4S. The molecule has 1 saturated heterocycles. The molecule has 1 aliphatic heterocycles. The second-order valence-electron chi connectivity index (χ2n) is 8.05. The van der Waals surface area contributed by atoms with Crippen LogP contribution in [0.3, 0.4) is 0 Å². The van der Waals surface area contributed by atoms with Gasteiger partial charge in [0.1, 0.15) is 22.3 Å². The van der Waals surface area contributed by atoms with Crippen molar-refractivity contribution in [2.75, 3.05) is 43.0 Å². The minimum atomic E-state index is -3.81. The lowest BCUT2D eigenvalue weighted by atomic mass is 10.2. The highest BCUT2D eigenvalue weighted by atomic mass is 32.2. The molecule has 0 bridgehead atoms. The van der Waals surface area contributed by atoms with Crippen molar-refractivity contribution in [3.05, 3.63) is 35.8 Å². The Hall–Kier alpha value is -2.72. The van der Waals surface area contributed by atoms with E-state index in [1.54, 1.807) is 19.1 Å². The van der Waals surface area contributed by atoms with E-state index in [1.165, 1.54) is 17.3 Å². The summed E-state index contributed by atoms with van der Waals surface area (Å²) in [6.45, 7) is 11.2.